The Morgan fingerprint density at radius 2 is 1.71 bits per heavy atom. The molecule has 0 saturated carbocycles. The number of carbonyl (C=O) groups is 1. The van der Waals surface area contributed by atoms with Crippen molar-refractivity contribution >= 4 is 38.6 Å². The van der Waals surface area contributed by atoms with Crippen molar-refractivity contribution in [2.75, 3.05) is 5.43 Å². The van der Waals surface area contributed by atoms with Crippen LogP contribution in [-0.2, 0) is 4.79 Å². The maximum Gasteiger partial charge on any atom is 0.432 e. The number of fused-ring (bicyclic) bond motifs is 1. The van der Waals surface area contributed by atoms with Crippen LogP contribution >= 0.6 is 15.9 Å². The number of nitrogens with one attached hydrogen (secondary N) is 2. The first-order valence-electron chi connectivity index (χ1n) is 9.33. The van der Waals surface area contributed by atoms with Crippen molar-refractivity contribution in [3.8, 4) is 11.3 Å². The normalized spacial score (nSPS) is 12.7. The quantitative estimate of drug-likeness (QED) is 0.335. The summed E-state index contributed by atoms with van der Waals surface area (Å²) in [6.07, 6.45) is -4.22. The van der Waals surface area contributed by atoms with Crippen LogP contribution in [0.2, 0.25) is 0 Å². The molecule has 0 saturated heterocycles. The first kappa shape index (κ1) is 22.7. The summed E-state index contributed by atoms with van der Waals surface area (Å²) in [7, 11) is 0. The van der Waals surface area contributed by atoms with Gasteiger partial charge in [0.25, 0.3) is 0 Å². The Bertz CT molecular complexity index is 1140. The van der Waals surface area contributed by atoms with Crippen molar-refractivity contribution in [1.82, 2.24) is 15.4 Å². The molecule has 0 aliphatic carbocycles. The minimum atomic E-state index is -4.77. The lowest BCUT2D eigenvalue weighted by Gasteiger charge is -2.19. The molecule has 0 amide bonds. The number of carbonyl (C=O) groups excluding carboxylic acids is 1. The van der Waals surface area contributed by atoms with Gasteiger partial charge in [-0.25, -0.2) is 9.97 Å². The van der Waals surface area contributed by atoms with Crippen molar-refractivity contribution in [3.63, 3.8) is 0 Å². The Morgan fingerprint density at radius 3 is 2.32 bits per heavy atom. The zero-order valence-corrected chi connectivity index (χ0v) is 18.6. The summed E-state index contributed by atoms with van der Waals surface area (Å²) >= 11 is 3.42. The van der Waals surface area contributed by atoms with E-state index in [4.69, 9.17) is 0 Å². The van der Waals surface area contributed by atoms with Crippen LogP contribution in [0.5, 0.6) is 0 Å². The zero-order valence-electron chi connectivity index (χ0n) is 17.0. The average Bonchev–Trinajstić information content (AvgIpc) is 2.69. The number of rotatable bonds is 5. The second kappa shape index (κ2) is 8.66. The van der Waals surface area contributed by atoms with Gasteiger partial charge in [0, 0.05) is 26.9 Å². The van der Waals surface area contributed by atoms with Gasteiger partial charge in [0.05, 0.1) is 11.2 Å². The number of hydrogen-bond acceptors (Lipinski definition) is 5. The Kier molecular flexibility index (Phi) is 6.35. The SMILES string of the molecule is CC(C)(C)C(=O)/C=C(\NNc1nc(-c2ccccc2)c2cc(Br)ccc2n1)C(F)(F)F. The molecule has 5 nitrogen and oxygen atoms in total. The largest absolute Gasteiger partial charge is 0.432 e. The summed E-state index contributed by atoms with van der Waals surface area (Å²) < 4.78 is 41.2. The van der Waals surface area contributed by atoms with Crippen LogP contribution in [0.15, 0.2) is 64.8 Å². The number of nitrogens with zero attached hydrogens (tertiary/aromatic N) is 2. The molecule has 2 aromatic carbocycles. The van der Waals surface area contributed by atoms with Crippen molar-refractivity contribution in [2.45, 2.75) is 26.9 Å². The molecule has 0 aliphatic heterocycles. The lowest BCUT2D eigenvalue weighted by molar-refractivity contribution is -0.123. The fourth-order valence-electron chi connectivity index (χ4n) is 2.63. The van der Waals surface area contributed by atoms with E-state index < -0.39 is 23.1 Å². The molecule has 3 aromatic rings. The predicted octanol–water partition coefficient (Wildman–Crippen LogP) is 6.04. The van der Waals surface area contributed by atoms with Gasteiger partial charge in [-0.2, -0.15) is 13.2 Å². The Hall–Kier alpha value is -2.94. The topological polar surface area (TPSA) is 66.9 Å². The molecule has 2 N–H and O–H groups in total. The second-order valence-corrected chi connectivity index (χ2v) is 8.76. The number of aromatic nitrogens is 2. The highest BCUT2D eigenvalue weighted by Gasteiger charge is 2.36. The van der Waals surface area contributed by atoms with Gasteiger partial charge in [-0.15, -0.1) is 0 Å². The summed E-state index contributed by atoms with van der Waals surface area (Å²) in [5.41, 5.74) is 4.17. The molecule has 0 unspecified atom stereocenters. The molecular formula is C22H20BrF3N4O. The standard InChI is InChI=1S/C22H20BrF3N4O/c1-21(2,3)18(31)12-17(22(24,25)26)29-30-20-27-16-10-9-14(23)11-15(16)19(28-20)13-7-5-4-6-8-13/h4-12,29H,1-3H3,(H,27,28,30)/b17-12-. The van der Waals surface area contributed by atoms with Crippen LogP contribution in [0, 0.1) is 5.41 Å². The second-order valence-electron chi connectivity index (χ2n) is 7.84. The molecule has 0 atom stereocenters. The number of ketones is 1. The van der Waals surface area contributed by atoms with Crippen LogP contribution in [-0.4, -0.2) is 21.9 Å². The number of benzene rings is 2. The molecular weight excluding hydrogens is 473 g/mol. The van der Waals surface area contributed by atoms with Crippen molar-refractivity contribution in [2.24, 2.45) is 5.41 Å². The predicted molar refractivity (Wildman–Crippen MR) is 118 cm³/mol. The van der Waals surface area contributed by atoms with E-state index in [-0.39, 0.29) is 5.95 Å². The molecule has 9 heteroatoms. The third kappa shape index (κ3) is 5.61. The number of halogens is 4. The molecule has 31 heavy (non-hydrogen) atoms. The van der Waals surface area contributed by atoms with E-state index in [1.54, 1.807) is 32.9 Å². The molecule has 0 fully saturated rings. The minimum absolute atomic E-state index is 0.0629. The third-order valence-corrected chi connectivity index (χ3v) is 4.83. The van der Waals surface area contributed by atoms with Crippen LogP contribution in [0.4, 0.5) is 19.1 Å². The number of hydrazine groups is 1. The van der Waals surface area contributed by atoms with Gasteiger partial charge in [-0.1, -0.05) is 67.0 Å². The summed E-state index contributed by atoms with van der Waals surface area (Å²) in [4.78, 5) is 20.8. The van der Waals surface area contributed by atoms with Gasteiger partial charge < -0.3 is 0 Å². The lowest BCUT2D eigenvalue weighted by Crippen LogP contribution is -2.33. The van der Waals surface area contributed by atoms with Gasteiger partial charge in [-0.3, -0.25) is 15.6 Å². The van der Waals surface area contributed by atoms with E-state index in [0.29, 0.717) is 17.3 Å². The molecule has 1 heterocycles. The van der Waals surface area contributed by atoms with E-state index in [2.05, 4.69) is 36.7 Å². The van der Waals surface area contributed by atoms with Crippen LogP contribution in [0.3, 0.4) is 0 Å². The van der Waals surface area contributed by atoms with Crippen molar-refractivity contribution in [1.29, 1.82) is 0 Å². The maximum absolute atomic E-state index is 13.4. The van der Waals surface area contributed by atoms with Gasteiger partial charge >= 0.3 is 6.18 Å². The van der Waals surface area contributed by atoms with E-state index in [1.807, 2.05) is 36.4 Å². The molecule has 0 bridgehead atoms. The Labute approximate surface area is 185 Å². The Balaban J connectivity index is 2.00. The summed E-state index contributed by atoms with van der Waals surface area (Å²) in [5.74, 6) is -0.726. The van der Waals surface area contributed by atoms with E-state index in [0.717, 1.165) is 15.4 Å². The highest BCUT2D eigenvalue weighted by Crippen LogP contribution is 2.30. The minimum Gasteiger partial charge on any atom is -0.294 e. The molecule has 162 valence electrons. The van der Waals surface area contributed by atoms with Crippen LogP contribution < -0.4 is 10.9 Å². The van der Waals surface area contributed by atoms with Crippen LogP contribution in [0.25, 0.3) is 22.2 Å². The molecule has 0 radical (unpaired) electrons. The highest BCUT2D eigenvalue weighted by atomic mass is 79.9. The fraction of sp³-hybridized carbons (Fsp3) is 0.227. The van der Waals surface area contributed by atoms with E-state index in [1.165, 1.54) is 0 Å². The van der Waals surface area contributed by atoms with Crippen molar-refractivity contribution < 1.29 is 18.0 Å². The fourth-order valence-corrected chi connectivity index (χ4v) is 2.99. The van der Waals surface area contributed by atoms with Gasteiger partial charge in [0.1, 0.15) is 5.70 Å². The number of anilines is 1. The van der Waals surface area contributed by atoms with Crippen molar-refractivity contribution in [3.05, 3.63) is 64.8 Å². The smallest absolute Gasteiger partial charge is 0.294 e. The maximum atomic E-state index is 13.4. The molecule has 1 aromatic heterocycles. The third-order valence-electron chi connectivity index (χ3n) is 4.33. The molecule has 0 spiro atoms. The van der Waals surface area contributed by atoms with Gasteiger partial charge in [0.2, 0.25) is 5.95 Å². The number of allylic oxidation sites excluding steroid dienone is 2. The van der Waals surface area contributed by atoms with Gasteiger partial charge in [0.15, 0.2) is 5.78 Å². The zero-order chi connectivity index (χ0) is 22.8. The number of alkyl halides is 3. The number of hydrogen-bond donors (Lipinski definition) is 2. The summed E-state index contributed by atoms with van der Waals surface area (Å²) in [6, 6.07) is 14.6. The first-order valence-corrected chi connectivity index (χ1v) is 10.1. The van der Waals surface area contributed by atoms with Gasteiger partial charge in [-0.05, 0) is 18.2 Å². The summed E-state index contributed by atoms with van der Waals surface area (Å²) in [6.45, 7) is 4.64. The lowest BCUT2D eigenvalue weighted by atomic mass is 9.90. The van der Waals surface area contributed by atoms with Crippen LogP contribution in [0.1, 0.15) is 20.8 Å². The first-order chi connectivity index (χ1) is 14.4. The summed E-state index contributed by atoms with van der Waals surface area (Å²) in [5, 5.41) is 0.737. The highest BCUT2D eigenvalue weighted by molar-refractivity contribution is 9.10. The molecule has 0 aliphatic rings. The van der Waals surface area contributed by atoms with E-state index in [9.17, 15) is 18.0 Å². The monoisotopic (exact) mass is 492 g/mol. The molecule has 3 rings (SSSR count). The average molecular weight is 493 g/mol. The van der Waals surface area contributed by atoms with E-state index >= 15 is 0 Å². The Morgan fingerprint density at radius 1 is 1.03 bits per heavy atom.